The van der Waals surface area contributed by atoms with Crippen LogP contribution in [0.3, 0.4) is 0 Å². The highest BCUT2D eigenvalue weighted by Crippen LogP contribution is 2.44. The van der Waals surface area contributed by atoms with Crippen LogP contribution in [0.5, 0.6) is 23.0 Å². The van der Waals surface area contributed by atoms with Crippen LogP contribution >= 0.6 is 0 Å². The standard InChI is InChI=1S/C30H34N2O4/c1-31(2)20-9-7-19(8-10-20)17-32-12-11-21-22-13-27(33-3)28(34-4)14-23(22)24-15-29(35-5)30(36-6)16-25(24)26(21)18-32/h7-10,13-16H,11-12,17-18H2,1-6H3. The van der Waals surface area contributed by atoms with Crippen molar-refractivity contribution in [1.29, 1.82) is 0 Å². The zero-order chi connectivity index (χ0) is 25.4. The largest absolute Gasteiger partial charge is 0.493 e. The molecule has 0 radical (unpaired) electrons. The molecule has 6 heteroatoms. The highest BCUT2D eigenvalue weighted by molar-refractivity contribution is 6.12. The van der Waals surface area contributed by atoms with E-state index in [1.807, 2.05) is 0 Å². The second-order valence-electron chi connectivity index (χ2n) is 9.48. The average Bonchev–Trinajstić information content (AvgIpc) is 2.91. The van der Waals surface area contributed by atoms with Crippen molar-refractivity contribution in [2.24, 2.45) is 0 Å². The third kappa shape index (κ3) is 4.16. The molecule has 4 aromatic rings. The summed E-state index contributed by atoms with van der Waals surface area (Å²) in [7, 11) is 10.9. The predicted octanol–water partition coefficient (Wildman–Crippen LogP) is 5.65. The van der Waals surface area contributed by atoms with Gasteiger partial charge in [-0.3, -0.25) is 4.90 Å². The van der Waals surface area contributed by atoms with Crippen LogP contribution in [0, 0.1) is 0 Å². The van der Waals surface area contributed by atoms with Crippen LogP contribution in [0.4, 0.5) is 5.69 Å². The number of hydrogen-bond acceptors (Lipinski definition) is 6. The van der Waals surface area contributed by atoms with E-state index in [1.165, 1.54) is 33.2 Å². The van der Waals surface area contributed by atoms with Gasteiger partial charge < -0.3 is 23.8 Å². The Bertz CT molecular complexity index is 1410. The molecular formula is C30H34N2O4. The summed E-state index contributed by atoms with van der Waals surface area (Å²) >= 11 is 0. The SMILES string of the molecule is COc1cc2c3c(c4cc(OC)c(OC)cc4c2cc1OC)CN(Cc1ccc(N(C)C)cc1)CC3. The fourth-order valence-corrected chi connectivity index (χ4v) is 5.36. The molecule has 0 aliphatic carbocycles. The summed E-state index contributed by atoms with van der Waals surface area (Å²) in [4.78, 5) is 4.65. The van der Waals surface area contributed by atoms with E-state index in [0.717, 1.165) is 59.8 Å². The first-order chi connectivity index (χ1) is 17.5. The summed E-state index contributed by atoms with van der Waals surface area (Å²) < 4.78 is 22.7. The molecule has 6 nitrogen and oxygen atoms in total. The van der Waals surface area contributed by atoms with E-state index in [4.69, 9.17) is 18.9 Å². The number of hydrogen-bond donors (Lipinski definition) is 0. The van der Waals surface area contributed by atoms with Crippen LogP contribution in [0.15, 0.2) is 48.5 Å². The van der Waals surface area contributed by atoms with Gasteiger partial charge in [0.15, 0.2) is 23.0 Å². The number of nitrogens with zero attached hydrogens (tertiary/aromatic N) is 2. The minimum absolute atomic E-state index is 0.717. The predicted molar refractivity (Wildman–Crippen MR) is 146 cm³/mol. The number of ether oxygens (including phenoxy) is 4. The number of rotatable bonds is 7. The Hall–Kier alpha value is -3.64. The maximum Gasteiger partial charge on any atom is 0.161 e. The first-order valence-corrected chi connectivity index (χ1v) is 12.2. The van der Waals surface area contributed by atoms with Crippen molar-refractivity contribution in [1.82, 2.24) is 4.90 Å². The van der Waals surface area contributed by atoms with Crippen LogP contribution in [-0.2, 0) is 19.5 Å². The Morgan fingerprint density at radius 1 is 0.667 bits per heavy atom. The van der Waals surface area contributed by atoms with Gasteiger partial charge in [-0.1, -0.05) is 12.1 Å². The van der Waals surface area contributed by atoms with Crippen molar-refractivity contribution in [3.63, 3.8) is 0 Å². The Balaban J connectivity index is 1.65. The van der Waals surface area contributed by atoms with Crippen LogP contribution < -0.4 is 23.8 Å². The molecular weight excluding hydrogens is 452 g/mol. The normalized spacial score (nSPS) is 13.5. The van der Waals surface area contributed by atoms with Crippen LogP contribution in [-0.4, -0.2) is 54.0 Å². The quantitative estimate of drug-likeness (QED) is 0.315. The topological polar surface area (TPSA) is 43.4 Å². The van der Waals surface area contributed by atoms with Crippen molar-refractivity contribution in [3.8, 4) is 23.0 Å². The Morgan fingerprint density at radius 2 is 1.14 bits per heavy atom. The summed E-state index contributed by atoms with van der Waals surface area (Å²) in [5.41, 5.74) is 5.23. The first-order valence-electron chi connectivity index (χ1n) is 12.2. The van der Waals surface area contributed by atoms with Gasteiger partial charge in [0.2, 0.25) is 0 Å². The van der Waals surface area contributed by atoms with E-state index in [0.29, 0.717) is 0 Å². The molecule has 1 aliphatic rings. The third-order valence-corrected chi connectivity index (χ3v) is 7.27. The maximum absolute atomic E-state index is 5.69. The molecule has 4 aromatic carbocycles. The molecule has 0 bridgehead atoms. The molecule has 0 fully saturated rings. The Morgan fingerprint density at radius 3 is 1.61 bits per heavy atom. The number of fused-ring (bicyclic) bond motifs is 6. The lowest BCUT2D eigenvalue weighted by Crippen LogP contribution is -2.30. The van der Waals surface area contributed by atoms with Gasteiger partial charge in [-0.25, -0.2) is 0 Å². The van der Waals surface area contributed by atoms with Gasteiger partial charge in [0.05, 0.1) is 28.4 Å². The van der Waals surface area contributed by atoms with Gasteiger partial charge in [-0.15, -0.1) is 0 Å². The van der Waals surface area contributed by atoms with E-state index in [-0.39, 0.29) is 0 Å². The summed E-state index contributed by atoms with van der Waals surface area (Å²) in [6.45, 7) is 2.76. The molecule has 0 aromatic heterocycles. The summed E-state index contributed by atoms with van der Waals surface area (Å²) in [6.07, 6.45) is 0.960. The third-order valence-electron chi connectivity index (χ3n) is 7.27. The smallest absolute Gasteiger partial charge is 0.161 e. The van der Waals surface area contributed by atoms with Gasteiger partial charge in [0, 0.05) is 39.4 Å². The Labute approximate surface area is 212 Å². The van der Waals surface area contributed by atoms with Crippen LogP contribution in [0.1, 0.15) is 16.7 Å². The zero-order valence-electron chi connectivity index (χ0n) is 22.0. The van der Waals surface area contributed by atoms with E-state index in [2.05, 4.69) is 72.4 Å². The second-order valence-corrected chi connectivity index (χ2v) is 9.48. The number of anilines is 1. The van der Waals surface area contributed by atoms with Gasteiger partial charge in [-0.05, 0) is 81.1 Å². The lowest BCUT2D eigenvalue weighted by Gasteiger charge is -2.31. The van der Waals surface area contributed by atoms with Crippen molar-refractivity contribution in [3.05, 3.63) is 65.2 Å². The maximum atomic E-state index is 5.69. The molecule has 0 atom stereocenters. The van der Waals surface area contributed by atoms with Crippen molar-refractivity contribution in [2.45, 2.75) is 19.5 Å². The van der Waals surface area contributed by atoms with Crippen molar-refractivity contribution < 1.29 is 18.9 Å². The summed E-state index contributed by atoms with van der Waals surface area (Å²) in [6, 6.07) is 17.3. The lowest BCUT2D eigenvalue weighted by molar-refractivity contribution is 0.247. The summed E-state index contributed by atoms with van der Waals surface area (Å²) in [5.74, 6) is 2.92. The monoisotopic (exact) mass is 486 g/mol. The molecule has 5 rings (SSSR count). The minimum Gasteiger partial charge on any atom is -0.493 e. The van der Waals surface area contributed by atoms with Gasteiger partial charge in [0.1, 0.15) is 0 Å². The van der Waals surface area contributed by atoms with Gasteiger partial charge >= 0.3 is 0 Å². The molecule has 1 aliphatic heterocycles. The summed E-state index contributed by atoms with van der Waals surface area (Å²) in [5, 5.41) is 4.65. The minimum atomic E-state index is 0.717. The molecule has 0 saturated heterocycles. The molecule has 0 N–H and O–H groups in total. The van der Waals surface area contributed by atoms with E-state index < -0.39 is 0 Å². The average molecular weight is 487 g/mol. The molecule has 1 heterocycles. The van der Waals surface area contributed by atoms with E-state index in [1.54, 1.807) is 28.4 Å². The van der Waals surface area contributed by atoms with E-state index >= 15 is 0 Å². The highest BCUT2D eigenvalue weighted by Gasteiger charge is 2.24. The number of methoxy groups -OCH3 is 4. The molecule has 188 valence electrons. The van der Waals surface area contributed by atoms with Crippen molar-refractivity contribution >= 4 is 27.2 Å². The first kappa shape index (κ1) is 24.1. The molecule has 0 amide bonds. The molecule has 36 heavy (non-hydrogen) atoms. The second kappa shape index (κ2) is 9.78. The Kier molecular flexibility index (Phi) is 6.54. The van der Waals surface area contributed by atoms with E-state index in [9.17, 15) is 0 Å². The van der Waals surface area contributed by atoms with Crippen LogP contribution in [0.25, 0.3) is 21.5 Å². The van der Waals surface area contributed by atoms with Crippen LogP contribution in [0.2, 0.25) is 0 Å². The highest BCUT2D eigenvalue weighted by atomic mass is 16.5. The molecule has 0 unspecified atom stereocenters. The lowest BCUT2D eigenvalue weighted by atomic mass is 9.87. The fraction of sp³-hybridized carbons (Fsp3) is 0.333. The van der Waals surface area contributed by atoms with Crippen molar-refractivity contribution in [2.75, 3.05) is 54.0 Å². The molecule has 0 saturated carbocycles. The van der Waals surface area contributed by atoms with Gasteiger partial charge in [-0.2, -0.15) is 0 Å². The number of benzene rings is 4. The molecule has 0 spiro atoms. The fourth-order valence-electron chi connectivity index (χ4n) is 5.36. The zero-order valence-corrected chi connectivity index (χ0v) is 22.0. The van der Waals surface area contributed by atoms with Gasteiger partial charge in [0.25, 0.3) is 0 Å².